The van der Waals surface area contributed by atoms with Gasteiger partial charge in [-0.1, -0.05) is 43.6 Å². The molecule has 0 radical (unpaired) electrons. The van der Waals surface area contributed by atoms with Gasteiger partial charge >= 0.3 is 12.2 Å². The molecule has 16 nitrogen and oxygen atoms in total. The van der Waals surface area contributed by atoms with Gasteiger partial charge in [-0.05, 0) is 93.2 Å². The van der Waals surface area contributed by atoms with Crippen LogP contribution in [0.15, 0.2) is 42.5 Å². The number of H-pyrrole nitrogens is 2. The first-order valence-electron chi connectivity index (χ1n) is 21.1. The summed E-state index contributed by atoms with van der Waals surface area (Å²) in [6, 6.07) is 11.8. The molecule has 5 aromatic rings. The number of aromatic nitrogens is 4. The van der Waals surface area contributed by atoms with Crippen molar-refractivity contribution in [1.29, 1.82) is 0 Å². The molecule has 328 valence electrons. The highest BCUT2D eigenvalue weighted by Crippen LogP contribution is 2.45. The Hall–Kier alpha value is -5.87. The third-order valence-corrected chi connectivity index (χ3v) is 13.0. The first-order valence-corrected chi connectivity index (χ1v) is 21.4. The molecule has 7 atom stereocenters. The monoisotopic (exact) mass is 868 g/mol. The van der Waals surface area contributed by atoms with Crippen LogP contribution in [0.2, 0.25) is 5.15 Å². The SMILES string of the molecule is COC(=O)N[C@H](C(=O)N1[C@@H](C)CC[C@H]1c1nc2c(ccc3cc4c(cc32)OCc2cc(-c3nc([C@@H]5CC[C@H](C)N5C(=O)[C@@H](NC(=O)OC)[C@@H](C)OC)[nH]c3Cl)ccc2-4)[nH]1)C(C)C. The van der Waals surface area contributed by atoms with E-state index in [0.717, 1.165) is 69.1 Å². The van der Waals surface area contributed by atoms with Crippen molar-refractivity contribution in [3.05, 3.63) is 64.8 Å². The zero-order chi connectivity index (χ0) is 44.1. The van der Waals surface area contributed by atoms with Gasteiger partial charge in [0.15, 0.2) is 0 Å². The van der Waals surface area contributed by atoms with Crippen molar-refractivity contribution in [3.63, 3.8) is 0 Å². The molecule has 3 aliphatic heterocycles. The fraction of sp³-hybridized carbons (Fsp3) is 0.467. The number of imidazole rings is 2. The summed E-state index contributed by atoms with van der Waals surface area (Å²) in [6.07, 6.45) is 0.966. The predicted molar refractivity (Wildman–Crippen MR) is 232 cm³/mol. The van der Waals surface area contributed by atoms with Crippen LogP contribution in [0.5, 0.6) is 5.75 Å². The van der Waals surface area contributed by atoms with E-state index in [1.165, 1.54) is 21.3 Å². The lowest BCUT2D eigenvalue weighted by atomic mass is 9.92. The summed E-state index contributed by atoms with van der Waals surface area (Å²) < 4.78 is 21.5. The maximum Gasteiger partial charge on any atom is 0.407 e. The Kier molecular flexibility index (Phi) is 11.8. The van der Waals surface area contributed by atoms with Gasteiger partial charge in [0.25, 0.3) is 0 Å². The first kappa shape index (κ1) is 42.8. The van der Waals surface area contributed by atoms with Gasteiger partial charge < -0.3 is 49.3 Å². The predicted octanol–water partition coefficient (Wildman–Crippen LogP) is 7.56. The molecule has 2 aromatic heterocycles. The number of methoxy groups -OCH3 is 3. The van der Waals surface area contributed by atoms with Crippen LogP contribution in [-0.4, -0.2) is 105 Å². The maximum atomic E-state index is 14.0. The molecular weight excluding hydrogens is 816 g/mol. The Morgan fingerprint density at radius 2 is 1.42 bits per heavy atom. The minimum absolute atomic E-state index is 0.0380. The van der Waals surface area contributed by atoms with Crippen LogP contribution >= 0.6 is 11.6 Å². The van der Waals surface area contributed by atoms with Gasteiger partial charge in [-0.25, -0.2) is 19.6 Å². The van der Waals surface area contributed by atoms with Crippen molar-refractivity contribution < 1.29 is 38.1 Å². The van der Waals surface area contributed by atoms with E-state index in [1.54, 1.807) is 11.8 Å². The second kappa shape index (κ2) is 17.1. The average Bonchev–Trinajstić information content (AvgIpc) is 4.07. The smallest absolute Gasteiger partial charge is 0.407 e. The number of halogens is 1. The number of benzene rings is 3. The second-order valence-corrected chi connectivity index (χ2v) is 17.3. The molecule has 0 spiro atoms. The molecule has 3 aromatic carbocycles. The number of rotatable bonds is 10. The van der Waals surface area contributed by atoms with E-state index in [-0.39, 0.29) is 35.9 Å². The van der Waals surface area contributed by atoms with Crippen molar-refractivity contribution in [2.24, 2.45) is 5.92 Å². The van der Waals surface area contributed by atoms with Crippen LogP contribution in [0.1, 0.15) is 89.6 Å². The third kappa shape index (κ3) is 7.67. The van der Waals surface area contributed by atoms with E-state index in [2.05, 4.69) is 38.8 Å². The number of aromatic amines is 2. The van der Waals surface area contributed by atoms with Crippen LogP contribution in [0.4, 0.5) is 9.59 Å². The van der Waals surface area contributed by atoms with Crippen molar-refractivity contribution in [2.45, 2.75) is 109 Å². The standard InChI is InChI=1S/C45H53ClN8O8/c1-21(2)35(50-44(57)60-7)42(55)53-22(3)9-15-32(53)40-47-31-14-12-25-18-30-28-13-11-26(17-27(28)20-62-34(30)19-29(25)38(31)49-40)37-39(46)52-41(48-37)33-16-10-23(4)54(33)43(56)36(24(5)59-6)51-45(58)61-8/h11-14,17-19,21-24,32-33,35-36H,9-10,15-16,20H2,1-8H3,(H,47,49)(H,48,52)(H,50,57)(H,51,58)/t22-,23-,24+,32-,33-,35-,36-/m0/s1. The maximum absolute atomic E-state index is 14.0. The number of alkyl carbamates (subject to hydrolysis) is 2. The topological polar surface area (TPSA) is 193 Å². The quantitative estimate of drug-likeness (QED) is 0.109. The largest absolute Gasteiger partial charge is 0.488 e. The summed E-state index contributed by atoms with van der Waals surface area (Å²) >= 11 is 6.85. The van der Waals surface area contributed by atoms with E-state index in [1.807, 2.05) is 56.9 Å². The Balaban J connectivity index is 1.06. The minimum Gasteiger partial charge on any atom is -0.488 e. The Labute approximate surface area is 364 Å². The molecule has 2 saturated heterocycles. The first-order chi connectivity index (χ1) is 29.7. The van der Waals surface area contributed by atoms with Crippen molar-refractivity contribution in [1.82, 2.24) is 40.4 Å². The molecule has 17 heteroatoms. The van der Waals surface area contributed by atoms with E-state index < -0.39 is 36.4 Å². The number of hydrogen-bond acceptors (Lipinski definition) is 10. The molecule has 62 heavy (non-hydrogen) atoms. The molecule has 0 unspecified atom stereocenters. The third-order valence-electron chi connectivity index (χ3n) is 12.8. The van der Waals surface area contributed by atoms with Crippen LogP contribution in [0.25, 0.3) is 44.2 Å². The van der Waals surface area contributed by atoms with Gasteiger partial charge in [-0.2, -0.15) is 0 Å². The molecule has 5 heterocycles. The van der Waals surface area contributed by atoms with Crippen molar-refractivity contribution in [2.75, 3.05) is 21.3 Å². The van der Waals surface area contributed by atoms with E-state index in [9.17, 15) is 19.2 Å². The highest BCUT2D eigenvalue weighted by Gasteiger charge is 2.43. The number of amides is 4. The number of nitrogens with zero attached hydrogens (tertiary/aromatic N) is 4. The van der Waals surface area contributed by atoms with Crippen LogP contribution in [0, 0.1) is 5.92 Å². The van der Waals surface area contributed by atoms with Gasteiger partial charge in [0.2, 0.25) is 11.8 Å². The zero-order valence-corrected chi connectivity index (χ0v) is 36.9. The summed E-state index contributed by atoms with van der Waals surface area (Å²) in [6.45, 7) is 9.85. The highest BCUT2D eigenvalue weighted by molar-refractivity contribution is 6.32. The molecule has 2 fully saturated rings. The summed E-state index contributed by atoms with van der Waals surface area (Å²) in [5.41, 5.74) is 5.94. The molecule has 3 aliphatic rings. The molecule has 0 aliphatic carbocycles. The minimum atomic E-state index is -0.963. The van der Waals surface area contributed by atoms with Gasteiger partial charge in [0.05, 0.1) is 43.4 Å². The lowest BCUT2D eigenvalue weighted by molar-refractivity contribution is -0.139. The molecular formula is C45H53ClN8O8. The van der Waals surface area contributed by atoms with Gasteiger partial charge in [0.1, 0.15) is 46.9 Å². The van der Waals surface area contributed by atoms with E-state index >= 15 is 0 Å². The zero-order valence-electron chi connectivity index (χ0n) is 36.1. The van der Waals surface area contributed by atoms with Crippen molar-refractivity contribution >= 4 is 57.4 Å². The second-order valence-electron chi connectivity index (χ2n) is 16.9. The number of hydrogen-bond donors (Lipinski definition) is 4. The van der Waals surface area contributed by atoms with Gasteiger partial charge in [-0.15, -0.1) is 0 Å². The molecule has 8 rings (SSSR count). The summed E-state index contributed by atoms with van der Waals surface area (Å²) in [5, 5.41) is 7.63. The summed E-state index contributed by atoms with van der Waals surface area (Å²) in [7, 11) is 4.02. The number of carbonyl (C=O) groups excluding carboxylic acids is 4. The van der Waals surface area contributed by atoms with Crippen LogP contribution in [0.3, 0.4) is 0 Å². The van der Waals surface area contributed by atoms with E-state index in [0.29, 0.717) is 35.5 Å². The number of ether oxygens (including phenoxy) is 4. The Bertz CT molecular complexity index is 2560. The normalized spacial score (nSPS) is 21.0. The van der Waals surface area contributed by atoms with Gasteiger partial charge in [-0.3, -0.25) is 9.59 Å². The molecule has 4 N–H and O–H groups in total. The lowest BCUT2D eigenvalue weighted by Crippen LogP contribution is -2.55. The Morgan fingerprint density at radius 3 is 2.05 bits per heavy atom. The fourth-order valence-electron chi connectivity index (χ4n) is 9.30. The number of likely N-dealkylation sites (tertiary alicyclic amines) is 2. The molecule has 0 saturated carbocycles. The van der Waals surface area contributed by atoms with Gasteiger partial charge in [0, 0.05) is 35.7 Å². The Morgan fingerprint density at radius 1 is 0.790 bits per heavy atom. The fourth-order valence-corrected chi connectivity index (χ4v) is 9.55. The molecule has 0 bridgehead atoms. The number of nitrogens with one attached hydrogen (secondary N) is 4. The lowest BCUT2D eigenvalue weighted by Gasteiger charge is -2.33. The van der Waals surface area contributed by atoms with Crippen LogP contribution < -0.4 is 15.4 Å². The van der Waals surface area contributed by atoms with Crippen LogP contribution in [-0.2, 0) is 30.4 Å². The number of carbonyl (C=O) groups is 4. The van der Waals surface area contributed by atoms with Crippen molar-refractivity contribution in [3.8, 4) is 28.1 Å². The van der Waals surface area contributed by atoms with E-state index in [4.69, 9.17) is 40.5 Å². The number of fused-ring (bicyclic) bond motifs is 6. The highest BCUT2D eigenvalue weighted by atomic mass is 35.5. The summed E-state index contributed by atoms with van der Waals surface area (Å²) in [4.78, 5) is 72.7. The average molecular weight is 869 g/mol. The summed E-state index contributed by atoms with van der Waals surface area (Å²) in [5.74, 6) is 1.38. The molecule has 4 amide bonds.